The molecule has 0 aromatic carbocycles. The second-order valence-electron chi connectivity index (χ2n) is 10.9. The molecule has 13 heteroatoms. The van der Waals surface area contributed by atoms with Crippen molar-refractivity contribution in [3.63, 3.8) is 0 Å². The topological polar surface area (TPSA) is 111 Å². The van der Waals surface area contributed by atoms with E-state index in [-0.39, 0.29) is 5.04 Å². The molecule has 0 rings (SSSR count). The van der Waals surface area contributed by atoms with Gasteiger partial charge < -0.3 is 56.5 Å². The molecule has 0 atom stereocenters. The summed E-state index contributed by atoms with van der Waals surface area (Å²) < 4.78 is 66.0. The van der Waals surface area contributed by atoms with Crippen LogP contribution in [0, 0.1) is 0 Å². The minimum Gasteiger partial charge on any atom is -0.414 e. The van der Waals surface area contributed by atoms with E-state index in [1.807, 2.05) is 6.92 Å². The van der Waals surface area contributed by atoms with Crippen LogP contribution in [0.15, 0.2) is 0 Å². The molecule has 0 N–H and O–H groups in total. The van der Waals surface area contributed by atoms with Gasteiger partial charge in [-0.1, -0.05) is 20.8 Å². The van der Waals surface area contributed by atoms with Crippen LogP contribution >= 0.6 is 0 Å². The molecule has 0 aromatic rings. The fourth-order valence-electron chi connectivity index (χ4n) is 2.92. The summed E-state index contributed by atoms with van der Waals surface area (Å²) in [6.07, 6.45) is 0. The average molecular weight is 645 g/mol. The Morgan fingerprint density at radius 2 is 0.512 bits per heavy atom. The van der Waals surface area contributed by atoms with Gasteiger partial charge in [0.25, 0.3) is 0 Å². The molecule has 0 saturated heterocycles. The first-order valence-corrected chi connectivity index (χ1v) is 18.7. The van der Waals surface area contributed by atoms with E-state index in [0.717, 1.165) is 0 Å². The summed E-state index contributed by atoms with van der Waals surface area (Å²) in [5.74, 6) is 0. The summed E-state index contributed by atoms with van der Waals surface area (Å²) in [4.78, 5) is 0. The molecule has 0 spiro atoms. The quantitative estimate of drug-likeness (QED) is 0.0746. The van der Waals surface area contributed by atoms with Gasteiger partial charge in [0.15, 0.2) is 8.32 Å². The third kappa shape index (κ3) is 31.5. The summed E-state index contributed by atoms with van der Waals surface area (Å²) in [5.41, 5.74) is 0. The van der Waals surface area contributed by atoms with Crippen molar-refractivity contribution in [2.45, 2.75) is 45.8 Å². The summed E-state index contributed by atoms with van der Waals surface area (Å²) in [5, 5.41) is 0.219. The molecule has 0 amide bonds. The Labute approximate surface area is 262 Å². The maximum Gasteiger partial charge on any atom is 0.192 e. The number of hydrogen-bond acceptors (Lipinski definition) is 12. The highest BCUT2D eigenvalue weighted by Gasteiger charge is 2.36. The van der Waals surface area contributed by atoms with E-state index in [2.05, 4.69) is 33.9 Å². The number of ether oxygens (including phenoxy) is 11. The van der Waals surface area contributed by atoms with Crippen molar-refractivity contribution in [3.8, 4) is 0 Å². The Bertz CT molecular complexity index is 552. The molecule has 0 aliphatic rings. The van der Waals surface area contributed by atoms with Gasteiger partial charge in [-0.25, -0.2) is 0 Å². The average Bonchev–Trinajstić information content (AvgIpc) is 2.96. The highest BCUT2D eigenvalue weighted by Crippen LogP contribution is 2.36. The van der Waals surface area contributed by atoms with Crippen LogP contribution in [0.3, 0.4) is 0 Å². The third-order valence-corrected chi connectivity index (χ3v) is 11.0. The smallest absolute Gasteiger partial charge is 0.192 e. The number of rotatable bonds is 35. The van der Waals surface area contributed by atoms with Gasteiger partial charge in [-0.15, -0.1) is 0 Å². The van der Waals surface area contributed by atoms with Crippen LogP contribution in [-0.2, 0) is 56.5 Å². The van der Waals surface area contributed by atoms with E-state index in [4.69, 9.17) is 56.5 Å². The van der Waals surface area contributed by atoms with Crippen molar-refractivity contribution < 1.29 is 56.5 Å². The summed E-state index contributed by atoms with van der Waals surface area (Å²) in [6.45, 7) is 25.9. The van der Waals surface area contributed by atoms with Crippen molar-refractivity contribution in [2.75, 3.05) is 152 Å². The lowest BCUT2D eigenvalue weighted by Crippen LogP contribution is -2.41. The highest BCUT2D eigenvalue weighted by atomic mass is 28.4. The Morgan fingerprint density at radius 3 is 0.698 bits per heavy atom. The SMILES string of the molecule is CCOCCOCCOCCOCCOCCOCCOCCOCCOCCOCCOCCO[Si](C)(C)C(C)(C)C. The summed E-state index contributed by atoms with van der Waals surface area (Å²) >= 11 is 0. The molecule has 0 fully saturated rings. The van der Waals surface area contributed by atoms with Crippen LogP contribution in [0.25, 0.3) is 0 Å². The molecule has 0 aromatic heterocycles. The fourth-order valence-corrected chi connectivity index (χ4v) is 3.94. The lowest BCUT2D eigenvalue weighted by atomic mass is 10.2. The zero-order chi connectivity index (χ0) is 31.7. The standard InChI is InChI=1S/C30H64O12Si/c1-7-31-8-9-32-10-11-33-12-13-34-14-15-35-16-17-36-18-19-37-20-21-38-22-23-39-24-25-40-26-27-41-28-29-42-43(5,6)30(2,3)4/h7-29H2,1-6H3. The molecular weight excluding hydrogens is 580 g/mol. The molecule has 12 nitrogen and oxygen atoms in total. The van der Waals surface area contributed by atoms with Gasteiger partial charge in [0.05, 0.1) is 145 Å². The molecule has 260 valence electrons. The van der Waals surface area contributed by atoms with Gasteiger partial charge in [0.2, 0.25) is 0 Å². The van der Waals surface area contributed by atoms with E-state index >= 15 is 0 Å². The zero-order valence-electron chi connectivity index (χ0n) is 28.2. The predicted octanol–water partition coefficient (Wildman–Crippen LogP) is 3.21. The van der Waals surface area contributed by atoms with Crippen molar-refractivity contribution in [1.29, 1.82) is 0 Å². The van der Waals surface area contributed by atoms with E-state index in [1.54, 1.807) is 0 Å². The Morgan fingerprint density at radius 1 is 0.326 bits per heavy atom. The maximum absolute atomic E-state index is 6.08. The summed E-state index contributed by atoms with van der Waals surface area (Å²) in [6, 6.07) is 0. The van der Waals surface area contributed by atoms with Gasteiger partial charge in [-0.2, -0.15) is 0 Å². The van der Waals surface area contributed by atoms with Gasteiger partial charge in [-0.05, 0) is 25.1 Å². The van der Waals surface area contributed by atoms with E-state index in [0.29, 0.717) is 152 Å². The third-order valence-electron chi connectivity index (χ3n) is 6.42. The molecule has 0 heterocycles. The molecule has 0 bridgehead atoms. The van der Waals surface area contributed by atoms with Crippen LogP contribution in [0.1, 0.15) is 27.7 Å². The molecule has 0 saturated carbocycles. The monoisotopic (exact) mass is 644 g/mol. The second-order valence-corrected chi connectivity index (χ2v) is 15.7. The molecule has 0 unspecified atom stereocenters. The lowest BCUT2D eigenvalue weighted by Gasteiger charge is -2.36. The summed E-state index contributed by atoms with van der Waals surface area (Å²) in [7, 11) is -1.69. The predicted molar refractivity (Wildman–Crippen MR) is 168 cm³/mol. The van der Waals surface area contributed by atoms with Gasteiger partial charge in [0, 0.05) is 6.61 Å². The second kappa shape index (κ2) is 31.7. The van der Waals surface area contributed by atoms with Crippen LogP contribution < -0.4 is 0 Å². The Balaban J connectivity index is 3.12. The Hall–Kier alpha value is -0.263. The van der Waals surface area contributed by atoms with Crippen LogP contribution in [0.2, 0.25) is 18.1 Å². The van der Waals surface area contributed by atoms with Crippen LogP contribution in [0.4, 0.5) is 0 Å². The van der Waals surface area contributed by atoms with Crippen molar-refractivity contribution in [3.05, 3.63) is 0 Å². The van der Waals surface area contributed by atoms with E-state index in [1.165, 1.54) is 0 Å². The van der Waals surface area contributed by atoms with Crippen LogP contribution in [-0.4, -0.2) is 160 Å². The number of hydrogen-bond donors (Lipinski definition) is 0. The van der Waals surface area contributed by atoms with Gasteiger partial charge in [0.1, 0.15) is 0 Å². The molecule has 0 aliphatic carbocycles. The van der Waals surface area contributed by atoms with Crippen LogP contribution in [0.5, 0.6) is 0 Å². The van der Waals surface area contributed by atoms with E-state index < -0.39 is 8.32 Å². The molecule has 0 radical (unpaired) electrons. The largest absolute Gasteiger partial charge is 0.414 e. The highest BCUT2D eigenvalue weighted by molar-refractivity contribution is 6.74. The van der Waals surface area contributed by atoms with Gasteiger partial charge in [-0.3, -0.25) is 0 Å². The molecule has 43 heavy (non-hydrogen) atoms. The van der Waals surface area contributed by atoms with Gasteiger partial charge >= 0.3 is 0 Å². The van der Waals surface area contributed by atoms with Crippen molar-refractivity contribution in [1.82, 2.24) is 0 Å². The minimum atomic E-state index is -1.69. The normalized spacial score (nSPS) is 12.4. The van der Waals surface area contributed by atoms with Crippen molar-refractivity contribution in [2.24, 2.45) is 0 Å². The first kappa shape index (κ1) is 42.7. The zero-order valence-corrected chi connectivity index (χ0v) is 29.2. The molecule has 0 aliphatic heterocycles. The maximum atomic E-state index is 6.08. The fraction of sp³-hybridized carbons (Fsp3) is 1.00. The first-order valence-electron chi connectivity index (χ1n) is 15.8. The lowest BCUT2D eigenvalue weighted by molar-refractivity contribution is -0.0276. The first-order chi connectivity index (χ1) is 20.8. The molecular formula is C30H64O12Si. The van der Waals surface area contributed by atoms with E-state index in [9.17, 15) is 0 Å². The Kier molecular flexibility index (Phi) is 31.5. The van der Waals surface area contributed by atoms with Crippen molar-refractivity contribution >= 4 is 8.32 Å². The minimum absolute atomic E-state index is 0.219.